The number of hydrogen-bond acceptors (Lipinski definition) is 5. The second-order valence-electron chi connectivity index (χ2n) is 8.01. The molecule has 33 heavy (non-hydrogen) atoms. The van der Waals surface area contributed by atoms with Crippen molar-refractivity contribution in [2.75, 3.05) is 42.5 Å². The number of halogens is 2. The van der Waals surface area contributed by atoms with Crippen LogP contribution in [0, 0.1) is 11.7 Å². The van der Waals surface area contributed by atoms with Crippen LogP contribution in [0.3, 0.4) is 0 Å². The number of hydrogen-bond donors (Lipinski definition) is 0. The van der Waals surface area contributed by atoms with Gasteiger partial charge in [-0.2, -0.15) is 0 Å². The number of carbonyl (C=O) groups excluding carboxylic acids is 2. The summed E-state index contributed by atoms with van der Waals surface area (Å²) in [5.41, 5.74) is 1.39. The Hall–Kier alpha value is -2.55. The van der Waals surface area contributed by atoms with Crippen LogP contribution in [0.15, 0.2) is 42.5 Å². The number of anilines is 2. The second kappa shape index (κ2) is 10.2. The van der Waals surface area contributed by atoms with Crippen LogP contribution in [0.5, 0.6) is 0 Å². The van der Waals surface area contributed by atoms with E-state index in [-0.39, 0.29) is 30.6 Å². The third kappa shape index (κ3) is 5.18. The third-order valence-electron chi connectivity index (χ3n) is 5.98. The maximum Gasteiger partial charge on any atom is 0.234 e. The quantitative estimate of drug-likeness (QED) is 0.456. The first kappa shape index (κ1) is 23.6. The van der Waals surface area contributed by atoms with Crippen LogP contribution in [-0.4, -0.2) is 54.4 Å². The molecule has 0 radical (unpaired) electrons. The van der Waals surface area contributed by atoms with E-state index in [1.165, 1.54) is 23.5 Å². The zero-order valence-electron chi connectivity index (χ0n) is 18.6. The Bertz CT molecular complexity index is 1150. The number of benzene rings is 2. The molecule has 4 rings (SSSR count). The molecule has 3 aromatic rings. The first-order valence-corrected chi connectivity index (χ1v) is 12.2. The van der Waals surface area contributed by atoms with E-state index in [0.717, 1.165) is 23.3 Å². The summed E-state index contributed by atoms with van der Waals surface area (Å²) in [5.74, 6) is -1.11. The monoisotopic (exact) mass is 488 g/mol. The second-order valence-corrected chi connectivity index (χ2v) is 9.45. The molecule has 1 saturated heterocycles. The van der Waals surface area contributed by atoms with Crippen molar-refractivity contribution < 1.29 is 14.0 Å². The molecule has 1 atom stereocenters. The molecular weight excluding hydrogens is 463 g/mol. The largest absolute Gasteiger partial charge is 0.312 e. The van der Waals surface area contributed by atoms with Gasteiger partial charge in [-0.15, -0.1) is 0 Å². The van der Waals surface area contributed by atoms with E-state index in [1.807, 2.05) is 12.1 Å². The van der Waals surface area contributed by atoms with Crippen molar-refractivity contribution in [3.63, 3.8) is 0 Å². The van der Waals surface area contributed by atoms with Crippen molar-refractivity contribution in [2.24, 2.45) is 5.92 Å². The minimum absolute atomic E-state index is 0.120. The Labute approximate surface area is 201 Å². The van der Waals surface area contributed by atoms with Crippen molar-refractivity contribution in [1.82, 2.24) is 9.88 Å². The normalized spacial score (nSPS) is 16.2. The van der Waals surface area contributed by atoms with E-state index in [2.05, 4.69) is 23.7 Å². The van der Waals surface area contributed by atoms with E-state index in [9.17, 15) is 14.0 Å². The molecule has 1 aliphatic rings. The van der Waals surface area contributed by atoms with Crippen LogP contribution in [-0.2, 0) is 9.59 Å². The van der Waals surface area contributed by atoms with Gasteiger partial charge in [-0.1, -0.05) is 36.8 Å². The van der Waals surface area contributed by atoms with Crippen molar-refractivity contribution in [2.45, 2.75) is 20.3 Å². The van der Waals surface area contributed by atoms with Gasteiger partial charge in [-0.25, -0.2) is 9.37 Å². The Morgan fingerprint density at radius 2 is 1.91 bits per heavy atom. The van der Waals surface area contributed by atoms with Crippen LogP contribution >= 0.6 is 22.9 Å². The average molecular weight is 489 g/mol. The number of rotatable bonds is 8. The summed E-state index contributed by atoms with van der Waals surface area (Å²) in [6, 6.07) is 11.2. The van der Waals surface area contributed by atoms with Gasteiger partial charge in [0.15, 0.2) is 5.13 Å². The molecule has 174 valence electrons. The van der Waals surface area contributed by atoms with Gasteiger partial charge < -0.3 is 9.80 Å². The first-order chi connectivity index (χ1) is 15.9. The summed E-state index contributed by atoms with van der Waals surface area (Å²) in [5, 5.41) is 1.23. The van der Waals surface area contributed by atoms with Gasteiger partial charge in [0.25, 0.3) is 0 Å². The highest BCUT2D eigenvalue weighted by molar-refractivity contribution is 7.22. The molecule has 0 spiro atoms. The predicted octanol–water partition coefficient (Wildman–Crippen LogP) is 4.82. The van der Waals surface area contributed by atoms with Crippen molar-refractivity contribution >= 4 is 55.8 Å². The number of amides is 2. The summed E-state index contributed by atoms with van der Waals surface area (Å²) in [4.78, 5) is 36.6. The van der Waals surface area contributed by atoms with Crippen LogP contribution < -0.4 is 9.80 Å². The van der Waals surface area contributed by atoms with Crippen LogP contribution in [0.1, 0.15) is 20.3 Å². The smallest absolute Gasteiger partial charge is 0.234 e. The average Bonchev–Trinajstić information content (AvgIpc) is 3.40. The molecule has 0 N–H and O–H groups in total. The molecule has 1 unspecified atom stereocenters. The molecular formula is C24H26ClFN4O2S. The highest BCUT2D eigenvalue weighted by Gasteiger charge is 2.38. The fourth-order valence-electron chi connectivity index (χ4n) is 4.05. The molecule has 0 saturated carbocycles. The number of likely N-dealkylation sites (N-methyl/N-ethyl adjacent to an activating group) is 1. The van der Waals surface area contributed by atoms with E-state index in [1.54, 1.807) is 28.0 Å². The Morgan fingerprint density at radius 3 is 2.61 bits per heavy atom. The van der Waals surface area contributed by atoms with Crippen molar-refractivity contribution in [3.05, 3.63) is 53.3 Å². The Balaban J connectivity index is 1.59. The fourth-order valence-corrected chi connectivity index (χ4v) is 5.32. The Morgan fingerprint density at radius 1 is 1.18 bits per heavy atom. The molecule has 6 nitrogen and oxygen atoms in total. The van der Waals surface area contributed by atoms with Gasteiger partial charge in [-0.05, 0) is 55.6 Å². The van der Waals surface area contributed by atoms with Gasteiger partial charge in [0.1, 0.15) is 5.82 Å². The number of carbonyl (C=O) groups is 2. The van der Waals surface area contributed by atoms with Crippen molar-refractivity contribution in [3.8, 4) is 0 Å². The number of fused-ring (bicyclic) bond motifs is 1. The highest BCUT2D eigenvalue weighted by Crippen LogP contribution is 2.33. The lowest BCUT2D eigenvalue weighted by Gasteiger charge is -2.26. The zero-order valence-corrected chi connectivity index (χ0v) is 20.2. The molecule has 9 heteroatoms. The summed E-state index contributed by atoms with van der Waals surface area (Å²) in [7, 11) is 0. The SMILES string of the molecule is CCN(CC)CCN(C(=O)C1CC(=O)N(c2ccc(F)cc2)C1)c1nc2ccc(Cl)cc2s1. The molecule has 0 bridgehead atoms. The lowest BCUT2D eigenvalue weighted by Crippen LogP contribution is -2.42. The maximum atomic E-state index is 13.7. The Kier molecular flexibility index (Phi) is 7.26. The zero-order chi connectivity index (χ0) is 23.5. The third-order valence-corrected chi connectivity index (χ3v) is 7.26. The van der Waals surface area contributed by atoms with Crippen LogP contribution in [0.25, 0.3) is 10.2 Å². The topological polar surface area (TPSA) is 56.8 Å². The molecule has 1 aromatic heterocycles. The van der Waals surface area contributed by atoms with Crippen molar-refractivity contribution in [1.29, 1.82) is 0 Å². The number of nitrogens with zero attached hydrogens (tertiary/aromatic N) is 4. The standard InChI is InChI=1S/C24H26ClFN4O2S/c1-3-28(4-2)11-12-29(24-27-20-10-5-17(25)14-21(20)33-24)23(32)16-13-22(31)30(15-16)19-8-6-18(26)7-9-19/h5-10,14,16H,3-4,11-13,15H2,1-2H3. The van der Waals surface area contributed by atoms with Gasteiger partial charge >= 0.3 is 0 Å². The molecule has 1 aliphatic heterocycles. The minimum atomic E-state index is -0.491. The summed E-state index contributed by atoms with van der Waals surface area (Å²) in [6.07, 6.45) is 0.120. The molecule has 2 aromatic carbocycles. The number of thiazole rings is 1. The van der Waals surface area contributed by atoms with E-state index in [4.69, 9.17) is 11.6 Å². The van der Waals surface area contributed by atoms with Gasteiger partial charge in [0.05, 0.1) is 16.1 Å². The lowest BCUT2D eigenvalue weighted by molar-refractivity contribution is -0.124. The molecule has 1 fully saturated rings. The first-order valence-electron chi connectivity index (χ1n) is 11.0. The van der Waals surface area contributed by atoms with Gasteiger partial charge in [0, 0.05) is 36.8 Å². The predicted molar refractivity (Wildman–Crippen MR) is 132 cm³/mol. The molecule has 0 aliphatic carbocycles. The van der Waals surface area contributed by atoms with E-state index < -0.39 is 5.92 Å². The number of aromatic nitrogens is 1. The fraction of sp³-hybridized carbons (Fsp3) is 0.375. The summed E-state index contributed by atoms with van der Waals surface area (Å²) >= 11 is 7.56. The minimum Gasteiger partial charge on any atom is -0.312 e. The summed E-state index contributed by atoms with van der Waals surface area (Å²) in [6.45, 7) is 7.40. The molecule has 2 heterocycles. The van der Waals surface area contributed by atoms with Gasteiger partial charge in [-0.3, -0.25) is 14.5 Å². The molecule has 2 amide bonds. The maximum absolute atomic E-state index is 13.7. The van der Waals surface area contributed by atoms with Crippen LogP contribution in [0.2, 0.25) is 5.02 Å². The van der Waals surface area contributed by atoms with Crippen LogP contribution in [0.4, 0.5) is 15.2 Å². The van der Waals surface area contributed by atoms with E-state index >= 15 is 0 Å². The summed E-state index contributed by atoms with van der Waals surface area (Å²) < 4.78 is 14.2. The lowest BCUT2D eigenvalue weighted by atomic mass is 10.1. The van der Waals surface area contributed by atoms with E-state index in [0.29, 0.717) is 28.9 Å². The highest BCUT2D eigenvalue weighted by atomic mass is 35.5. The van der Waals surface area contributed by atoms with Gasteiger partial charge in [0.2, 0.25) is 11.8 Å².